The normalized spacial score (nSPS) is 10.6. The minimum Gasteiger partial charge on any atom is -0.324 e. The van der Waals surface area contributed by atoms with E-state index in [2.05, 4.69) is 34.6 Å². The molecular weight excluding hydrogens is 401 g/mol. The molecule has 1 N–H and O–H groups in total. The zero-order chi connectivity index (χ0) is 19.2. The van der Waals surface area contributed by atoms with E-state index in [1.807, 2.05) is 24.3 Å². The molecule has 3 aromatic rings. The molecule has 0 bridgehead atoms. The maximum absolute atomic E-state index is 12.1. The lowest BCUT2D eigenvalue weighted by atomic mass is 10.1. The first-order chi connectivity index (χ1) is 13.0. The highest BCUT2D eigenvalue weighted by atomic mass is 35.5. The summed E-state index contributed by atoms with van der Waals surface area (Å²) in [6.45, 7) is 2.12. The Bertz CT molecular complexity index is 931. The second-order valence-corrected chi connectivity index (χ2v) is 7.61. The number of halogens is 2. The van der Waals surface area contributed by atoms with Gasteiger partial charge in [0.25, 0.3) is 0 Å². The van der Waals surface area contributed by atoms with Crippen LogP contribution in [-0.2, 0) is 11.2 Å². The van der Waals surface area contributed by atoms with Crippen LogP contribution in [0.25, 0.3) is 11.3 Å². The topological polar surface area (TPSA) is 54.9 Å². The zero-order valence-corrected chi connectivity index (χ0v) is 16.9. The highest BCUT2D eigenvalue weighted by molar-refractivity contribution is 7.99. The Kier molecular flexibility index (Phi) is 6.72. The first kappa shape index (κ1) is 19.7. The summed E-state index contributed by atoms with van der Waals surface area (Å²) in [6.07, 6.45) is 1.00. The summed E-state index contributed by atoms with van der Waals surface area (Å²) in [6, 6.07) is 16.9. The minimum absolute atomic E-state index is 0.190. The van der Waals surface area contributed by atoms with Gasteiger partial charge in [0.1, 0.15) is 5.03 Å². The van der Waals surface area contributed by atoms with Crippen molar-refractivity contribution in [1.29, 1.82) is 0 Å². The van der Waals surface area contributed by atoms with Crippen LogP contribution in [-0.4, -0.2) is 21.9 Å². The number of hydrogen-bond donors (Lipinski definition) is 1. The van der Waals surface area contributed by atoms with Crippen LogP contribution in [0.2, 0.25) is 10.0 Å². The van der Waals surface area contributed by atoms with Gasteiger partial charge in [-0.05, 0) is 42.3 Å². The summed E-state index contributed by atoms with van der Waals surface area (Å²) in [5, 5.41) is 12.8. The number of carbonyl (C=O) groups excluding carboxylic acids is 1. The van der Waals surface area contributed by atoms with Crippen molar-refractivity contribution in [2.75, 3.05) is 11.1 Å². The summed E-state index contributed by atoms with van der Waals surface area (Å²) in [4.78, 5) is 12.1. The molecule has 3 rings (SSSR count). The molecule has 0 aliphatic rings. The van der Waals surface area contributed by atoms with Crippen LogP contribution in [0.15, 0.2) is 59.6 Å². The molecule has 1 aromatic heterocycles. The number of thioether (sulfide) groups is 1. The van der Waals surface area contributed by atoms with Crippen LogP contribution in [0, 0.1) is 0 Å². The molecule has 0 radical (unpaired) electrons. The number of rotatable bonds is 6. The van der Waals surface area contributed by atoms with E-state index in [9.17, 15) is 4.79 Å². The first-order valence-electron chi connectivity index (χ1n) is 8.36. The lowest BCUT2D eigenvalue weighted by molar-refractivity contribution is -0.113. The molecule has 7 heteroatoms. The highest BCUT2D eigenvalue weighted by Gasteiger charge is 2.09. The van der Waals surface area contributed by atoms with Crippen molar-refractivity contribution in [2.45, 2.75) is 18.4 Å². The van der Waals surface area contributed by atoms with E-state index in [1.54, 1.807) is 18.2 Å². The smallest absolute Gasteiger partial charge is 0.234 e. The molecule has 1 heterocycles. The Labute approximate surface area is 172 Å². The fraction of sp³-hybridized carbons (Fsp3) is 0.150. The second kappa shape index (κ2) is 9.22. The first-order valence-corrected chi connectivity index (χ1v) is 10.1. The lowest BCUT2D eigenvalue weighted by Crippen LogP contribution is -2.14. The zero-order valence-electron chi connectivity index (χ0n) is 14.6. The molecule has 0 saturated heterocycles. The van der Waals surface area contributed by atoms with E-state index in [-0.39, 0.29) is 11.7 Å². The molecular formula is C20H17Cl2N3OS. The van der Waals surface area contributed by atoms with Crippen molar-refractivity contribution >= 4 is 46.6 Å². The monoisotopic (exact) mass is 417 g/mol. The number of nitrogens with zero attached hydrogens (tertiary/aromatic N) is 2. The SMILES string of the molecule is CCc1ccc(-c2ccc(SCC(=O)Nc3cc(Cl)ccc3Cl)nn2)cc1. The molecule has 0 aliphatic carbocycles. The van der Waals surface area contributed by atoms with Gasteiger partial charge in [-0.2, -0.15) is 0 Å². The Morgan fingerprint density at radius 2 is 1.81 bits per heavy atom. The number of anilines is 1. The molecule has 138 valence electrons. The van der Waals surface area contributed by atoms with Crippen LogP contribution >= 0.6 is 35.0 Å². The molecule has 27 heavy (non-hydrogen) atoms. The minimum atomic E-state index is -0.190. The van der Waals surface area contributed by atoms with Crippen molar-refractivity contribution in [3.63, 3.8) is 0 Å². The number of nitrogens with one attached hydrogen (secondary N) is 1. The van der Waals surface area contributed by atoms with Gasteiger partial charge >= 0.3 is 0 Å². The van der Waals surface area contributed by atoms with Crippen molar-refractivity contribution in [1.82, 2.24) is 10.2 Å². The van der Waals surface area contributed by atoms with E-state index in [4.69, 9.17) is 23.2 Å². The van der Waals surface area contributed by atoms with Gasteiger partial charge in [-0.3, -0.25) is 4.79 Å². The van der Waals surface area contributed by atoms with Gasteiger partial charge in [-0.15, -0.1) is 10.2 Å². The third-order valence-corrected chi connectivity index (χ3v) is 5.34. The number of amides is 1. The van der Waals surface area contributed by atoms with Gasteiger partial charge in [0.15, 0.2) is 0 Å². The van der Waals surface area contributed by atoms with Crippen LogP contribution in [0.4, 0.5) is 5.69 Å². The summed E-state index contributed by atoms with van der Waals surface area (Å²) in [5.41, 5.74) is 3.60. The standard InChI is InChI=1S/C20H17Cl2N3OS/c1-2-13-3-5-14(6-4-13)17-9-10-20(25-24-17)27-12-19(26)23-18-11-15(21)7-8-16(18)22/h3-11H,2,12H2,1H3,(H,23,26). The molecule has 2 aromatic carbocycles. The van der Waals surface area contributed by atoms with Gasteiger partial charge < -0.3 is 5.32 Å². The highest BCUT2D eigenvalue weighted by Crippen LogP contribution is 2.26. The third-order valence-electron chi connectivity index (χ3n) is 3.85. The Morgan fingerprint density at radius 1 is 1.04 bits per heavy atom. The number of aromatic nitrogens is 2. The maximum Gasteiger partial charge on any atom is 0.234 e. The predicted octanol–water partition coefficient (Wildman–Crippen LogP) is 5.74. The second-order valence-electron chi connectivity index (χ2n) is 5.77. The van der Waals surface area contributed by atoms with Crippen LogP contribution in [0.3, 0.4) is 0 Å². The summed E-state index contributed by atoms with van der Waals surface area (Å²) in [7, 11) is 0. The lowest BCUT2D eigenvalue weighted by Gasteiger charge is -2.07. The Morgan fingerprint density at radius 3 is 2.48 bits per heavy atom. The number of aryl methyl sites for hydroxylation is 1. The molecule has 0 fully saturated rings. The number of hydrogen-bond acceptors (Lipinski definition) is 4. The van der Waals surface area contributed by atoms with Gasteiger partial charge in [0.05, 0.1) is 22.2 Å². The molecule has 1 amide bonds. The molecule has 0 atom stereocenters. The van der Waals surface area contributed by atoms with Gasteiger partial charge in [0, 0.05) is 10.6 Å². The Hall–Kier alpha value is -2.08. The van der Waals surface area contributed by atoms with Crippen molar-refractivity contribution in [3.8, 4) is 11.3 Å². The van der Waals surface area contributed by atoms with Crippen LogP contribution in [0.1, 0.15) is 12.5 Å². The van der Waals surface area contributed by atoms with Gasteiger partial charge in [-0.1, -0.05) is 66.2 Å². The number of carbonyl (C=O) groups is 1. The molecule has 0 unspecified atom stereocenters. The Balaban J connectivity index is 1.58. The molecule has 0 saturated carbocycles. The average molecular weight is 418 g/mol. The number of benzene rings is 2. The van der Waals surface area contributed by atoms with E-state index in [0.717, 1.165) is 17.7 Å². The van der Waals surface area contributed by atoms with E-state index in [0.29, 0.717) is 20.8 Å². The van der Waals surface area contributed by atoms with Crippen molar-refractivity contribution in [3.05, 3.63) is 70.2 Å². The quantitative estimate of drug-likeness (QED) is 0.519. The maximum atomic E-state index is 12.1. The largest absolute Gasteiger partial charge is 0.324 e. The van der Waals surface area contributed by atoms with Gasteiger partial charge in [0.2, 0.25) is 5.91 Å². The summed E-state index contributed by atoms with van der Waals surface area (Å²) >= 11 is 13.3. The molecule has 0 spiro atoms. The van der Waals surface area contributed by atoms with Crippen molar-refractivity contribution < 1.29 is 4.79 Å². The average Bonchev–Trinajstić information content (AvgIpc) is 2.70. The van der Waals surface area contributed by atoms with E-state index >= 15 is 0 Å². The fourth-order valence-electron chi connectivity index (χ4n) is 2.38. The van der Waals surface area contributed by atoms with Crippen LogP contribution < -0.4 is 5.32 Å². The summed E-state index contributed by atoms with van der Waals surface area (Å²) < 4.78 is 0. The third kappa shape index (κ3) is 5.45. The fourth-order valence-corrected chi connectivity index (χ4v) is 3.33. The predicted molar refractivity (Wildman–Crippen MR) is 113 cm³/mol. The van der Waals surface area contributed by atoms with Crippen molar-refractivity contribution in [2.24, 2.45) is 0 Å². The van der Waals surface area contributed by atoms with E-state index < -0.39 is 0 Å². The molecule has 4 nitrogen and oxygen atoms in total. The molecule has 0 aliphatic heterocycles. The van der Waals surface area contributed by atoms with Crippen LogP contribution in [0.5, 0.6) is 0 Å². The van der Waals surface area contributed by atoms with E-state index in [1.165, 1.54) is 17.3 Å². The van der Waals surface area contributed by atoms with Gasteiger partial charge in [-0.25, -0.2) is 0 Å². The summed E-state index contributed by atoms with van der Waals surface area (Å²) in [5.74, 6) is 0.00686.